The molecule has 3 rings (SSSR count). The zero-order valence-corrected chi connectivity index (χ0v) is 14.3. The van der Waals surface area contributed by atoms with Gasteiger partial charge in [0.25, 0.3) is 0 Å². The molecule has 2 aliphatic heterocycles. The molecule has 1 saturated heterocycles. The zero-order valence-electron chi connectivity index (χ0n) is 13.5. The Hall–Kier alpha value is -1.80. The van der Waals surface area contributed by atoms with Crippen LogP contribution in [0, 0.1) is 4.78 Å². The molecule has 7 nitrogen and oxygen atoms in total. The maximum absolute atomic E-state index is 12.9. The molecule has 1 fully saturated rings. The summed E-state index contributed by atoms with van der Waals surface area (Å²) in [6, 6.07) is 4.14. The fourth-order valence-electron chi connectivity index (χ4n) is 2.63. The Morgan fingerprint density at radius 1 is 1.35 bits per heavy atom. The number of hydrogen-bond donors (Lipinski definition) is 1. The Kier molecular flexibility index (Phi) is 3.57. The second kappa shape index (κ2) is 5.10. The van der Waals surface area contributed by atoms with Crippen molar-refractivity contribution < 1.29 is 23.2 Å². The number of hydrogen-bond acceptors (Lipinski definition) is 6. The van der Waals surface area contributed by atoms with Gasteiger partial charge in [0.05, 0.1) is 17.9 Å². The van der Waals surface area contributed by atoms with Crippen LogP contribution in [0.4, 0.5) is 0 Å². The smallest absolute Gasteiger partial charge is 0.326 e. The number of ether oxygens (including phenoxy) is 3. The van der Waals surface area contributed by atoms with Crippen LogP contribution in [-0.2, 0) is 19.4 Å². The van der Waals surface area contributed by atoms with Gasteiger partial charge in [-0.3, -0.25) is 4.79 Å². The van der Waals surface area contributed by atoms with Crippen molar-refractivity contribution in [1.29, 1.82) is 4.78 Å². The minimum Gasteiger partial charge on any atom is -0.468 e. The number of nitrogens with one attached hydrogen (secondary N) is 1. The average molecular weight is 340 g/mol. The molecule has 4 atom stereocenters. The van der Waals surface area contributed by atoms with Gasteiger partial charge in [-0.1, -0.05) is 6.07 Å². The molecule has 1 aromatic rings. The summed E-state index contributed by atoms with van der Waals surface area (Å²) in [7, 11) is -1.87. The van der Waals surface area contributed by atoms with E-state index in [1.807, 2.05) is 0 Å². The highest BCUT2D eigenvalue weighted by molar-refractivity contribution is 7.91. The minimum absolute atomic E-state index is 0.158. The van der Waals surface area contributed by atoms with Crippen LogP contribution in [0.25, 0.3) is 0 Å². The third-order valence-electron chi connectivity index (χ3n) is 4.07. The predicted molar refractivity (Wildman–Crippen MR) is 83.6 cm³/mol. The highest BCUT2D eigenvalue weighted by Crippen LogP contribution is 2.50. The lowest BCUT2D eigenvalue weighted by Gasteiger charge is -2.24. The van der Waals surface area contributed by atoms with Crippen LogP contribution in [0.5, 0.6) is 11.5 Å². The molecule has 0 saturated carbocycles. The molecule has 0 radical (unpaired) electrons. The number of nitrogens with zero attached hydrogens (tertiary/aromatic N) is 1. The van der Waals surface area contributed by atoms with E-state index in [4.69, 9.17) is 19.0 Å². The Morgan fingerprint density at radius 2 is 2.00 bits per heavy atom. The van der Waals surface area contributed by atoms with Crippen molar-refractivity contribution in [3.05, 3.63) is 23.8 Å². The lowest BCUT2D eigenvalue weighted by Crippen LogP contribution is -2.34. The number of rotatable bonds is 3. The molecule has 0 bridgehead atoms. The number of fused-ring (bicyclic) bond motifs is 1. The average Bonchev–Trinajstić information content (AvgIpc) is 3.07. The minimum atomic E-state index is -3.16. The van der Waals surface area contributed by atoms with E-state index < -0.39 is 32.7 Å². The Labute approximate surface area is 135 Å². The molecule has 8 heteroatoms. The maximum atomic E-state index is 12.9. The topological polar surface area (TPSA) is 88.7 Å². The van der Waals surface area contributed by atoms with Crippen LogP contribution in [0.1, 0.15) is 32.4 Å². The van der Waals surface area contributed by atoms with Crippen molar-refractivity contribution in [2.45, 2.75) is 37.6 Å². The molecule has 1 N–H and O–H groups in total. The molecule has 0 aliphatic carbocycles. The van der Waals surface area contributed by atoms with E-state index >= 15 is 0 Å². The molecule has 1 aromatic carbocycles. The Balaban J connectivity index is 1.99. The van der Waals surface area contributed by atoms with Crippen LogP contribution in [0.3, 0.4) is 0 Å². The first-order valence-corrected chi connectivity index (χ1v) is 8.74. The third kappa shape index (κ3) is 2.46. The Morgan fingerprint density at radius 3 is 2.61 bits per heavy atom. The van der Waals surface area contributed by atoms with Gasteiger partial charge >= 0.3 is 5.97 Å². The van der Waals surface area contributed by atoms with E-state index in [1.54, 1.807) is 39.0 Å². The summed E-state index contributed by atoms with van der Waals surface area (Å²) in [4.78, 5) is 12.0. The highest BCUT2D eigenvalue weighted by atomic mass is 32.2. The third-order valence-corrected chi connectivity index (χ3v) is 6.77. The fraction of sp³-hybridized carbons (Fsp3) is 0.533. The summed E-state index contributed by atoms with van der Waals surface area (Å²) in [5, 5.41) is 0. The fourth-order valence-corrected chi connectivity index (χ4v) is 4.28. The normalized spacial score (nSPS) is 28.1. The summed E-state index contributed by atoms with van der Waals surface area (Å²) in [6.45, 7) is 5.34. The molecule has 2 aliphatic rings. The van der Waals surface area contributed by atoms with Crippen molar-refractivity contribution in [2.24, 2.45) is 0 Å². The number of benzene rings is 1. The van der Waals surface area contributed by atoms with Gasteiger partial charge in [-0.05, 0) is 38.5 Å². The van der Waals surface area contributed by atoms with Crippen LogP contribution in [0.15, 0.2) is 18.2 Å². The van der Waals surface area contributed by atoms with Gasteiger partial charge in [0.15, 0.2) is 11.5 Å². The van der Waals surface area contributed by atoms with Gasteiger partial charge in [0.1, 0.15) is 16.0 Å². The number of carbonyl (C=O) groups is 1. The molecule has 0 amide bonds. The van der Waals surface area contributed by atoms with Crippen molar-refractivity contribution in [1.82, 2.24) is 4.31 Å². The lowest BCUT2D eigenvalue weighted by molar-refractivity contribution is -0.140. The van der Waals surface area contributed by atoms with E-state index in [0.717, 1.165) is 5.56 Å². The Bertz CT molecular complexity index is 754. The molecule has 0 spiro atoms. The molecule has 23 heavy (non-hydrogen) atoms. The molecule has 2 heterocycles. The van der Waals surface area contributed by atoms with E-state index in [0.29, 0.717) is 11.5 Å². The van der Waals surface area contributed by atoms with Crippen molar-refractivity contribution in [3.63, 3.8) is 0 Å². The zero-order chi connectivity index (χ0) is 17.0. The van der Waals surface area contributed by atoms with Crippen LogP contribution < -0.4 is 9.47 Å². The highest BCUT2D eigenvalue weighted by Gasteiger charge is 2.61. The number of esters is 1. The largest absolute Gasteiger partial charge is 0.468 e. The monoisotopic (exact) mass is 340 g/mol. The van der Waals surface area contributed by atoms with Crippen LogP contribution >= 0.6 is 0 Å². The van der Waals surface area contributed by atoms with Gasteiger partial charge in [-0.25, -0.2) is 8.99 Å². The van der Waals surface area contributed by atoms with E-state index in [1.165, 1.54) is 11.4 Å². The second-order valence-electron chi connectivity index (χ2n) is 6.52. The van der Waals surface area contributed by atoms with Crippen LogP contribution in [0.2, 0.25) is 0 Å². The lowest BCUT2D eigenvalue weighted by atomic mass is 10.1. The first-order valence-electron chi connectivity index (χ1n) is 7.22. The van der Waals surface area contributed by atoms with Gasteiger partial charge < -0.3 is 14.2 Å². The SMILES string of the molecule is COC(=O)C1C(c2ccc3c(c2)OCO3)N1S(=N)(=O)C(C)(C)C. The van der Waals surface area contributed by atoms with Crippen LogP contribution in [-0.4, -0.2) is 39.2 Å². The van der Waals surface area contributed by atoms with Crippen molar-refractivity contribution in [2.75, 3.05) is 13.9 Å². The van der Waals surface area contributed by atoms with Gasteiger partial charge in [-0.2, -0.15) is 4.31 Å². The molecule has 4 unspecified atom stereocenters. The first kappa shape index (κ1) is 16.1. The molecular weight excluding hydrogens is 320 g/mol. The van der Waals surface area contributed by atoms with E-state index in [9.17, 15) is 9.00 Å². The quantitative estimate of drug-likeness (QED) is 0.672. The summed E-state index contributed by atoms with van der Waals surface area (Å²) < 4.78 is 37.3. The van der Waals surface area contributed by atoms with E-state index in [-0.39, 0.29) is 6.79 Å². The standard InChI is InChI=1S/C15H20N2O5S/c1-15(2,3)23(16,19)17-12(13(17)14(18)20-4)9-5-6-10-11(7-9)22-8-21-10/h5-7,12-13,16H,8H2,1-4H3. The van der Waals surface area contributed by atoms with Gasteiger partial charge in [0, 0.05) is 0 Å². The van der Waals surface area contributed by atoms with E-state index in [2.05, 4.69) is 0 Å². The van der Waals surface area contributed by atoms with Gasteiger partial charge in [0.2, 0.25) is 6.79 Å². The molecule has 126 valence electrons. The van der Waals surface area contributed by atoms with Crippen molar-refractivity contribution >= 4 is 15.9 Å². The summed E-state index contributed by atoms with van der Waals surface area (Å²) in [5.41, 5.74) is 0.758. The van der Waals surface area contributed by atoms with Crippen molar-refractivity contribution in [3.8, 4) is 11.5 Å². The number of carbonyl (C=O) groups excluding carboxylic acids is 1. The maximum Gasteiger partial charge on any atom is 0.326 e. The van der Waals surface area contributed by atoms with Gasteiger partial charge in [-0.15, -0.1) is 0 Å². The first-order chi connectivity index (χ1) is 10.7. The summed E-state index contributed by atoms with van der Waals surface area (Å²) >= 11 is 0. The predicted octanol–water partition coefficient (Wildman–Crippen LogP) is 2.07. The number of methoxy groups -OCH3 is 1. The molecule has 0 aromatic heterocycles. The second-order valence-corrected chi connectivity index (χ2v) is 9.22. The summed E-state index contributed by atoms with van der Waals surface area (Å²) in [6.07, 6.45) is 0. The summed E-state index contributed by atoms with van der Waals surface area (Å²) in [5.74, 6) is 0.736. The molecular formula is C15H20N2O5S.